The molecule has 1 aromatic carbocycles. The highest BCUT2D eigenvalue weighted by Crippen LogP contribution is 2.53. The summed E-state index contributed by atoms with van der Waals surface area (Å²) >= 11 is 1.60. The Bertz CT molecular complexity index is 1100. The lowest BCUT2D eigenvalue weighted by molar-refractivity contribution is 0.0956. The lowest BCUT2D eigenvalue weighted by Gasteiger charge is -2.22. The molecule has 0 amide bonds. The van der Waals surface area contributed by atoms with Gasteiger partial charge in [0.1, 0.15) is 29.0 Å². The van der Waals surface area contributed by atoms with Gasteiger partial charge in [-0.3, -0.25) is 4.90 Å². The maximum atomic E-state index is 13.4. The van der Waals surface area contributed by atoms with Gasteiger partial charge in [0.25, 0.3) is 0 Å². The molecule has 32 heavy (non-hydrogen) atoms. The molecule has 0 spiro atoms. The Kier molecular flexibility index (Phi) is 5.31. The zero-order valence-electron chi connectivity index (χ0n) is 17.8. The van der Waals surface area contributed by atoms with Gasteiger partial charge in [0.05, 0.1) is 18.6 Å². The highest BCUT2D eigenvalue weighted by Gasteiger charge is 2.56. The Labute approximate surface area is 190 Å². The number of hydrogen-bond acceptors (Lipinski definition) is 6. The second-order valence-corrected chi connectivity index (χ2v) is 10.0. The van der Waals surface area contributed by atoms with Crippen molar-refractivity contribution in [1.29, 1.82) is 0 Å². The van der Waals surface area contributed by atoms with Gasteiger partial charge in [-0.25, -0.2) is 18.7 Å². The van der Waals surface area contributed by atoms with Crippen molar-refractivity contribution in [1.82, 2.24) is 14.9 Å². The molecular weight excluding hydrogens is 430 g/mol. The number of nitrogens with zero attached hydrogens (tertiary/aromatic N) is 4. The summed E-state index contributed by atoms with van der Waals surface area (Å²) in [4.78, 5) is 14.6. The molecule has 5 nitrogen and oxygen atoms in total. The van der Waals surface area contributed by atoms with E-state index in [2.05, 4.69) is 25.1 Å². The smallest absolute Gasteiger partial charge is 0.141 e. The number of ether oxygens (including phenoxy) is 1. The van der Waals surface area contributed by atoms with Crippen LogP contribution in [0.1, 0.15) is 6.42 Å². The number of hydrogen-bond donors (Lipinski definition) is 0. The van der Waals surface area contributed by atoms with Crippen molar-refractivity contribution in [3.05, 3.63) is 41.8 Å². The van der Waals surface area contributed by atoms with Gasteiger partial charge >= 0.3 is 0 Å². The minimum absolute atomic E-state index is 0.232. The van der Waals surface area contributed by atoms with E-state index in [9.17, 15) is 8.78 Å². The van der Waals surface area contributed by atoms with Gasteiger partial charge < -0.3 is 9.64 Å². The number of fused-ring (bicyclic) bond motifs is 2. The van der Waals surface area contributed by atoms with Crippen LogP contribution in [0.15, 0.2) is 36.0 Å². The van der Waals surface area contributed by atoms with E-state index in [0.29, 0.717) is 37.3 Å². The fourth-order valence-electron chi connectivity index (χ4n) is 5.41. The Morgan fingerprint density at radius 1 is 1.09 bits per heavy atom. The summed E-state index contributed by atoms with van der Waals surface area (Å²) in [5.41, 5.74) is 2.06. The molecule has 3 atom stereocenters. The Hall–Kier alpha value is -2.16. The van der Waals surface area contributed by atoms with Crippen LogP contribution < -0.4 is 4.90 Å². The fourth-order valence-corrected chi connectivity index (χ4v) is 6.32. The summed E-state index contributed by atoms with van der Waals surface area (Å²) in [6, 6.07) is 6.63. The summed E-state index contributed by atoms with van der Waals surface area (Å²) in [6.45, 7) is 5.70. The van der Waals surface area contributed by atoms with Crippen LogP contribution in [-0.2, 0) is 4.74 Å². The zero-order valence-corrected chi connectivity index (χ0v) is 18.6. The number of alkyl halides is 1. The van der Waals surface area contributed by atoms with Gasteiger partial charge in [-0.15, -0.1) is 11.3 Å². The Morgan fingerprint density at radius 2 is 1.91 bits per heavy atom. The van der Waals surface area contributed by atoms with E-state index < -0.39 is 6.17 Å². The van der Waals surface area contributed by atoms with Crippen LogP contribution in [0.25, 0.3) is 21.3 Å². The van der Waals surface area contributed by atoms with Crippen LogP contribution in [-0.4, -0.2) is 67.0 Å². The normalized spacial score (nSPS) is 27.4. The lowest BCUT2D eigenvalue weighted by atomic mass is 10.1. The summed E-state index contributed by atoms with van der Waals surface area (Å²) < 4.78 is 32.6. The standard InChI is InChI=1S/C24H26F2N4OS/c25-16-3-1-15(2-4-16)21-13-32-24-22(21)23(27-14-28-24)30-10-18-19(11-30)20(18)12-31-8-7-29-6-5-17(26)9-29/h1-4,13-14,17-20H,5-12H2/t17-,18?,19?,20?/m1/s1. The molecule has 3 fully saturated rings. The van der Waals surface area contributed by atoms with Crippen molar-refractivity contribution in [2.75, 3.05) is 50.8 Å². The van der Waals surface area contributed by atoms with E-state index in [1.54, 1.807) is 17.7 Å². The predicted molar refractivity (Wildman–Crippen MR) is 122 cm³/mol. The third-order valence-electron chi connectivity index (χ3n) is 7.25. The molecule has 0 N–H and O–H groups in total. The molecule has 3 aromatic rings. The van der Waals surface area contributed by atoms with Crippen LogP contribution in [0.4, 0.5) is 14.6 Å². The molecule has 1 saturated carbocycles. The number of thiophene rings is 1. The van der Waals surface area contributed by atoms with E-state index in [0.717, 1.165) is 59.9 Å². The summed E-state index contributed by atoms with van der Waals surface area (Å²) in [5.74, 6) is 2.67. The molecule has 4 heterocycles. The van der Waals surface area contributed by atoms with Crippen molar-refractivity contribution in [2.24, 2.45) is 17.8 Å². The quantitative estimate of drug-likeness (QED) is 0.498. The third-order valence-corrected chi connectivity index (χ3v) is 8.14. The van der Waals surface area contributed by atoms with Gasteiger partial charge in [0.2, 0.25) is 0 Å². The van der Waals surface area contributed by atoms with Gasteiger partial charge in [-0.2, -0.15) is 0 Å². The van der Waals surface area contributed by atoms with Crippen LogP contribution in [0, 0.1) is 23.6 Å². The molecule has 0 radical (unpaired) electrons. The molecule has 2 aliphatic heterocycles. The first-order valence-electron chi connectivity index (χ1n) is 11.3. The molecule has 2 unspecified atom stereocenters. The minimum Gasteiger partial charge on any atom is -0.380 e. The van der Waals surface area contributed by atoms with E-state index in [1.807, 2.05) is 12.1 Å². The molecular formula is C24H26F2N4OS. The maximum Gasteiger partial charge on any atom is 0.141 e. The first-order chi connectivity index (χ1) is 15.7. The monoisotopic (exact) mass is 456 g/mol. The zero-order chi connectivity index (χ0) is 21.7. The molecule has 1 aliphatic carbocycles. The molecule has 0 bridgehead atoms. The molecule has 2 aromatic heterocycles. The van der Waals surface area contributed by atoms with Crippen molar-refractivity contribution >= 4 is 27.4 Å². The summed E-state index contributed by atoms with van der Waals surface area (Å²) in [7, 11) is 0. The highest BCUT2D eigenvalue weighted by atomic mass is 32.1. The van der Waals surface area contributed by atoms with Crippen LogP contribution in [0.3, 0.4) is 0 Å². The maximum absolute atomic E-state index is 13.4. The van der Waals surface area contributed by atoms with E-state index in [1.165, 1.54) is 12.1 Å². The highest BCUT2D eigenvalue weighted by molar-refractivity contribution is 7.17. The topological polar surface area (TPSA) is 41.5 Å². The van der Waals surface area contributed by atoms with E-state index in [-0.39, 0.29) is 5.82 Å². The third kappa shape index (κ3) is 3.78. The molecule has 168 valence electrons. The Balaban J connectivity index is 1.09. The number of benzene rings is 1. The van der Waals surface area contributed by atoms with Crippen LogP contribution >= 0.6 is 11.3 Å². The van der Waals surface area contributed by atoms with Crippen molar-refractivity contribution < 1.29 is 13.5 Å². The van der Waals surface area contributed by atoms with Gasteiger partial charge in [0, 0.05) is 43.7 Å². The Morgan fingerprint density at radius 3 is 2.66 bits per heavy atom. The van der Waals surface area contributed by atoms with E-state index >= 15 is 0 Å². The van der Waals surface area contributed by atoms with Gasteiger partial charge in [-0.05, 0) is 41.9 Å². The largest absolute Gasteiger partial charge is 0.380 e. The number of rotatable bonds is 7. The van der Waals surface area contributed by atoms with Gasteiger partial charge in [-0.1, -0.05) is 12.1 Å². The second-order valence-electron chi connectivity index (χ2n) is 9.19. The number of halogens is 2. The van der Waals surface area contributed by atoms with Crippen molar-refractivity contribution in [3.8, 4) is 11.1 Å². The first kappa shape index (κ1) is 20.4. The average Bonchev–Trinajstić information content (AvgIpc) is 3.25. The molecule has 2 saturated heterocycles. The van der Waals surface area contributed by atoms with Crippen molar-refractivity contribution in [3.63, 3.8) is 0 Å². The fraction of sp³-hybridized carbons (Fsp3) is 0.500. The number of likely N-dealkylation sites (tertiary alicyclic amines) is 1. The predicted octanol–water partition coefficient (Wildman–Crippen LogP) is 4.24. The minimum atomic E-state index is -0.663. The average molecular weight is 457 g/mol. The molecule has 8 heteroatoms. The number of aromatic nitrogens is 2. The SMILES string of the molecule is Fc1ccc(-c2csc3ncnc(N4CC5C(COCCN6CC[C@@H](F)C6)C5C4)c23)cc1. The van der Waals surface area contributed by atoms with Crippen LogP contribution in [0.2, 0.25) is 0 Å². The van der Waals surface area contributed by atoms with E-state index in [4.69, 9.17) is 4.74 Å². The summed E-state index contributed by atoms with van der Waals surface area (Å²) in [5, 5.41) is 3.16. The lowest BCUT2D eigenvalue weighted by Crippen LogP contribution is -2.27. The second kappa shape index (κ2) is 8.32. The van der Waals surface area contributed by atoms with Gasteiger partial charge in [0.15, 0.2) is 0 Å². The summed E-state index contributed by atoms with van der Waals surface area (Å²) in [6.07, 6.45) is 1.64. The number of piperidine rings is 1. The van der Waals surface area contributed by atoms with Crippen LogP contribution in [0.5, 0.6) is 0 Å². The number of anilines is 1. The van der Waals surface area contributed by atoms with Crippen molar-refractivity contribution in [2.45, 2.75) is 12.6 Å². The molecule has 6 rings (SSSR count). The molecule has 3 aliphatic rings. The first-order valence-corrected chi connectivity index (χ1v) is 12.2.